The normalized spacial score (nSPS) is 21.0. The number of anilines is 1. The van der Waals surface area contributed by atoms with Gasteiger partial charge in [0.25, 0.3) is 0 Å². The van der Waals surface area contributed by atoms with Gasteiger partial charge in [0.05, 0.1) is 18.8 Å². The highest BCUT2D eigenvalue weighted by atomic mass is 19.1. The van der Waals surface area contributed by atoms with Gasteiger partial charge in [0.2, 0.25) is 0 Å². The number of benzene rings is 1. The number of hydrogen-bond acceptors (Lipinski definition) is 5. The number of piperidine rings is 1. The van der Waals surface area contributed by atoms with Gasteiger partial charge in [0.1, 0.15) is 17.5 Å². The predicted molar refractivity (Wildman–Crippen MR) is 101 cm³/mol. The minimum absolute atomic E-state index is 0.00320. The molecule has 1 atom stereocenters. The van der Waals surface area contributed by atoms with Crippen molar-refractivity contribution in [3.8, 4) is 0 Å². The highest BCUT2D eigenvalue weighted by molar-refractivity contribution is 5.89. The summed E-state index contributed by atoms with van der Waals surface area (Å²) in [5.74, 6) is -0.378. The molecular weight excluding hydrogens is 367 g/mol. The highest BCUT2D eigenvalue weighted by Gasteiger charge is 2.33. The number of aliphatic hydroxyl groups is 1. The summed E-state index contributed by atoms with van der Waals surface area (Å²) in [5, 5.41) is 9.13. The molecule has 1 unspecified atom stereocenters. The molecule has 0 aromatic heterocycles. The van der Waals surface area contributed by atoms with Gasteiger partial charge in [0, 0.05) is 13.1 Å². The number of halogens is 1. The third kappa shape index (κ3) is 4.55. The fraction of sp³-hybridized carbons (Fsp3) is 0.600. The Balaban J connectivity index is 1.63. The molecule has 28 heavy (non-hydrogen) atoms. The van der Waals surface area contributed by atoms with Crippen LogP contribution in [0.3, 0.4) is 0 Å². The zero-order valence-corrected chi connectivity index (χ0v) is 16.5. The summed E-state index contributed by atoms with van der Waals surface area (Å²) < 4.78 is 25.1. The summed E-state index contributed by atoms with van der Waals surface area (Å²) in [6.07, 6.45) is -0.223. The fourth-order valence-corrected chi connectivity index (χ4v) is 3.54. The maximum absolute atomic E-state index is 14.7. The van der Waals surface area contributed by atoms with Gasteiger partial charge in [0.15, 0.2) is 0 Å². The van der Waals surface area contributed by atoms with E-state index in [4.69, 9.17) is 14.6 Å². The summed E-state index contributed by atoms with van der Waals surface area (Å²) in [4.78, 5) is 27.0. The lowest BCUT2D eigenvalue weighted by Gasteiger charge is -2.33. The van der Waals surface area contributed by atoms with Gasteiger partial charge >= 0.3 is 12.2 Å². The Hall–Kier alpha value is -2.35. The quantitative estimate of drug-likeness (QED) is 0.851. The molecule has 1 aromatic rings. The molecule has 0 bridgehead atoms. The van der Waals surface area contributed by atoms with Gasteiger partial charge in [-0.05, 0) is 57.2 Å². The molecule has 1 N–H and O–H groups in total. The maximum Gasteiger partial charge on any atom is 0.414 e. The molecule has 2 aliphatic heterocycles. The number of carbonyl (C=O) groups is 2. The molecule has 0 spiro atoms. The number of carbonyl (C=O) groups excluding carboxylic acids is 2. The van der Waals surface area contributed by atoms with Crippen molar-refractivity contribution in [2.45, 2.75) is 51.2 Å². The van der Waals surface area contributed by atoms with Crippen LogP contribution in [0.1, 0.15) is 45.1 Å². The number of aliphatic hydroxyl groups excluding tert-OH is 1. The molecule has 154 valence electrons. The Morgan fingerprint density at radius 3 is 2.54 bits per heavy atom. The molecule has 2 aliphatic rings. The van der Waals surface area contributed by atoms with Crippen molar-refractivity contribution in [3.05, 3.63) is 29.6 Å². The Labute approximate surface area is 164 Å². The molecule has 2 fully saturated rings. The summed E-state index contributed by atoms with van der Waals surface area (Å²) in [7, 11) is 0. The fourth-order valence-electron chi connectivity index (χ4n) is 3.54. The molecule has 8 heteroatoms. The van der Waals surface area contributed by atoms with E-state index in [0.29, 0.717) is 37.2 Å². The van der Waals surface area contributed by atoms with Gasteiger partial charge in [-0.2, -0.15) is 0 Å². The first-order valence-corrected chi connectivity index (χ1v) is 9.54. The topological polar surface area (TPSA) is 79.3 Å². The van der Waals surface area contributed by atoms with Gasteiger partial charge in [-0.15, -0.1) is 0 Å². The van der Waals surface area contributed by atoms with Gasteiger partial charge in [-0.25, -0.2) is 14.0 Å². The Kier molecular flexibility index (Phi) is 5.79. The highest BCUT2D eigenvalue weighted by Crippen LogP contribution is 2.33. The summed E-state index contributed by atoms with van der Waals surface area (Å²) >= 11 is 0. The Morgan fingerprint density at radius 1 is 1.32 bits per heavy atom. The van der Waals surface area contributed by atoms with E-state index in [1.54, 1.807) is 17.0 Å². The maximum atomic E-state index is 14.7. The molecule has 3 rings (SSSR count). The van der Waals surface area contributed by atoms with Crippen LogP contribution in [-0.2, 0) is 9.47 Å². The Bertz CT molecular complexity index is 741. The van der Waals surface area contributed by atoms with E-state index in [0.717, 1.165) is 0 Å². The Morgan fingerprint density at radius 2 is 2.00 bits per heavy atom. The third-order valence-corrected chi connectivity index (χ3v) is 4.96. The lowest BCUT2D eigenvalue weighted by atomic mass is 9.89. The minimum Gasteiger partial charge on any atom is -0.444 e. The van der Waals surface area contributed by atoms with Crippen LogP contribution in [0.2, 0.25) is 0 Å². The average molecular weight is 394 g/mol. The average Bonchev–Trinajstić information content (AvgIpc) is 3.01. The van der Waals surface area contributed by atoms with Crippen LogP contribution in [0.25, 0.3) is 0 Å². The van der Waals surface area contributed by atoms with Crippen molar-refractivity contribution in [1.82, 2.24) is 4.90 Å². The molecule has 0 aliphatic carbocycles. The minimum atomic E-state index is -0.590. The predicted octanol–water partition coefficient (Wildman–Crippen LogP) is 3.26. The number of cyclic esters (lactones) is 1. The molecular formula is C20H27FN2O5. The van der Waals surface area contributed by atoms with E-state index < -0.39 is 17.8 Å². The molecule has 0 saturated carbocycles. The lowest BCUT2D eigenvalue weighted by Crippen LogP contribution is -2.41. The van der Waals surface area contributed by atoms with E-state index in [1.165, 1.54) is 11.0 Å². The SMILES string of the molecule is CC(C)(C)OC(=O)N1CCC(c2ccc(N3CC(CO)OC3=O)cc2F)CC1. The van der Waals surface area contributed by atoms with Crippen molar-refractivity contribution < 1.29 is 28.6 Å². The summed E-state index contributed by atoms with van der Waals surface area (Å²) in [5.41, 5.74) is 0.453. The second-order valence-electron chi connectivity index (χ2n) is 8.25. The number of likely N-dealkylation sites (tertiary alicyclic amines) is 1. The van der Waals surface area contributed by atoms with Crippen LogP contribution < -0.4 is 4.90 Å². The van der Waals surface area contributed by atoms with Crippen molar-refractivity contribution in [1.29, 1.82) is 0 Å². The van der Waals surface area contributed by atoms with Gasteiger partial charge in [-0.1, -0.05) is 6.07 Å². The first-order chi connectivity index (χ1) is 13.2. The second-order valence-corrected chi connectivity index (χ2v) is 8.25. The van der Waals surface area contributed by atoms with Gasteiger partial charge < -0.3 is 19.5 Å². The number of hydrogen-bond donors (Lipinski definition) is 1. The second kappa shape index (κ2) is 7.95. The largest absolute Gasteiger partial charge is 0.444 e. The van der Waals surface area contributed by atoms with Crippen molar-refractivity contribution >= 4 is 17.9 Å². The molecule has 2 heterocycles. The first kappa shape index (κ1) is 20.4. The van der Waals surface area contributed by atoms with E-state index in [-0.39, 0.29) is 31.0 Å². The summed E-state index contributed by atoms with van der Waals surface area (Å²) in [6.45, 7) is 6.44. The standard InChI is InChI=1S/C20H27FN2O5/c1-20(2,3)28-18(25)22-8-6-13(7-9-22)16-5-4-14(10-17(16)21)23-11-15(12-24)27-19(23)26/h4-5,10,13,15,24H,6-9,11-12H2,1-3H3. The first-order valence-electron chi connectivity index (χ1n) is 9.54. The molecule has 0 radical (unpaired) electrons. The van der Waals surface area contributed by atoms with Crippen molar-refractivity contribution in [3.63, 3.8) is 0 Å². The summed E-state index contributed by atoms with van der Waals surface area (Å²) in [6, 6.07) is 4.72. The van der Waals surface area contributed by atoms with Crippen LogP contribution in [-0.4, -0.2) is 60.1 Å². The number of nitrogens with zero attached hydrogens (tertiary/aromatic N) is 2. The van der Waals surface area contributed by atoms with E-state index in [1.807, 2.05) is 20.8 Å². The zero-order valence-electron chi connectivity index (χ0n) is 16.5. The lowest BCUT2D eigenvalue weighted by molar-refractivity contribution is 0.0204. The zero-order chi connectivity index (χ0) is 20.5. The monoisotopic (exact) mass is 394 g/mol. The molecule has 2 amide bonds. The number of rotatable bonds is 3. The number of amides is 2. The van der Waals surface area contributed by atoms with Crippen LogP contribution in [0, 0.1) is 5.82 Å². The number of ether oxygens (including phenoxy) is 2. The smallest absolute Gasteiger partial charge is 0.414 e. The van der Waals surface area contributed by atoms with Crippen LogP contribution in [0.5, 0.6) is 0 Å². The van der Waals surface area contributed by atoms with Crippen LogP contribution >= 0.6 is 0 Å². The van der Waals surface area contributed by atoms with Crippen molar-refractivity contribution in [2.24, 2.45) is 0 Å². The molecule has 1 aromatic carbocycles. The van der Waals surface area contributed by atoms with Crippen molar-refractivity contribution in [2.75, 3.05) is 31.1 Å². The molecule has 7 nitrogen and oxygen atoms in total. The van der Waals surface area contributed by atoms with Gasteiger partial charge in [-0.3, -0.25) is 4.90 Å². The van der Waals surface area contributed by atoms with Crippen LogP contribution in [0.15, 0.2) is 18.2 Å². The third-order valence-electron chi connectivity index (χ3n) is 4.96. The van der Waals surface area contributed by atoms with Crippen LogP contribution in [0.4, 0.5) is 19.7 Å². The molecule has 2 saturated heterocycles. The van der Waals surface area contributed by atoms with E-state index in [9.17, 15) is 14.0 Å². The van der Waals surface area contributed by atoms with E-state index in [2.05, 4.69) is 0 Å². The van der Waals surface area contributed by atoms with E-state index >= 15 is 0 Å².